The molecule has 1 aliphatic heterocycles. The molecule has 0 aromatic carbocycles. The van der Waals surface area contributed by atoms with Gasteiger partial charge in [0.2, 0.25) is 5.91 Å². The molecule has 0 aromatic heterocycles. The summed E-state index contributed by atoms with van der Waals surface area (Å²) >= 11 is 0. The molecule has 1 aliphatic rings. The van der Waals surface area contributed by atoms with Crippen LogP contribution in [0.4, 0.5) is 0 Å². The highest BCUT2D eigenvalue weighted by Crippen LogP contribution is 2.22. The van der Waals surface area contributed by atoms with Gasteiger partial charge in [0.1, 0.15) is 6.61 Å². The van der Waals surface area contributed by atoms with Crippen LogP contribution in [0.3, 0.4) is 0 Å². The lowest BCUT2D eigenvalue weighted by Gasteiger charge is -2.39. The lowest BCUT2D eigenvalue weighted by molar-refractivity contribution is -0.141. The van der Waals surface area contributed by atoms with E-state index in [1.807, 2.05) is 11.8 Å². The molecule has 0 radical (unpaired) electrons. The largest absolute Gasteiger partial charge is 0.372 e. The van der Waals surface area contributed by atoms with Gasteiger partial charge >= 0.3 is 0 Å². The predicted molar refractivity (Wildman–Crippen MR) is 71.3 cm³/mol. The summed E-state index contributed by atoms with van der Waals surface area (Å²) in [7, 11) is 0. The van der Waals surface area contributed by atoms with Crippen LogP contribution in [0.5, 0.6) is 0 Å². The van der Waals surface area contributed by atoms with Crippen LogP contribution < -0.4 is 5.73 Å². The number of nitrogens with two attached hydrogens (primary N) is 1. The van der Waals surface area contributed by atoms with E-state index in [0.29, 0.717) is 19.1 Å². The third-order valence-electron chi connectivity index (χ3n) is 3.25. The Balaban J connectivity index is 0.00000256. The summed E-state index contributed by atoms with van der Waals surface area (Å²) in [5, 5.41) is 0. The highest BCUT2D eigenvalue weighted by Gasteiger charge is 2.30. The zero-order chi connectivity index (χ0) is 12.0. The van der Waals surface area contributed by atoms with Crippen molar-refractivity contribution in [2.24, 2.45) is 11.7 Å². The monoisotopic (exact) mass is 264 g/mol. The minimum atomic E-state index is 0. The third kappa shape index (κ3) is 4.82. The van der Waals surface area contributed by atoms with Crippen molar-refractivity contribution in [1.29, 1.82) is 0 Å². The maximum absolute atomic E-state index is 11.9. The molecule has 0 aliphatic carbocycles. The second-order valence-electron chi connectivity index (χ2n) is 4.56. The summed E-state index contributed by atoms with van der Waals surface area (Å²) in [6, 6.07) is 0.200. The molecule has 1 heterocycles. The first-order valence-electron chi connectivity index (χ1n) is 6.28. The summed E-state index contributed by atoms with van der Waals surface area (Å²) in [4.78, 5) is 13.8. The topological polar surface area (TPSA) is 55.6 Å². The van der Waals surface area contributed by atoms with Crippen molar-refractivity contribution in [1.82, 2.24) is 4.90 Å². The summed E-state index contributed by atoms with van der Waals surface area (Å²) < 4.78 is 5.29. The number of nitrogens with zero attached hydrogens (tertiary/aromatic N) is 1. The van der Waals surface area contributed by atoms with Gasteiger partial charge in [-0.2, -0.15) is 0 Å². The second kappa shape index (κ2) is 8.72. The quantitative estimate of drug-likeness (QED) is 0.764. The number of carbonyl (C=O) groups excluding carboxylic acids is 1. The minimum absolute atomic E-state index is 0. The van der Waals surface area contributed by atoms with Gasteiger partial charge in [0.25, 0.3) is 0 Å². The van der Waals surface area contributed by atoms with Crippen LogP contribution in [0.25, 0.3) is 0 Å². The van der Waals surface area contributed by atoms with Crippen molar-refractivity contribution in [3.63, 3.8) is 0 Å². The Morgan fingerprint density at radius 2 is 2.24 bits per heavy atom. The van der Waals surface area contributed by atoms with Crippen LogP contribution in [0, 0.1) is 5.92 Å². The molecular formula is C12H25ClN2O2. The zero-order valence-electron chi connectivity index (χ0n) is 10.9. The molecule has 2 atom stereocenters. The molecular weight excluding hydrogens is 240 g/mol. The summed E-state index contributed by atoms with van der Waals surface area (Å²) in [6.07, 6.45) is 3.20. The first-order valence-corrected chi connectivity index (χ1v) is 6.28. The van der Waals surface area contributed by atoms with E-state index < -0.39 is 0 Å². The Morgan fingerprint density at radius 3 is 2.82 bits per heavy atom. The standard InChI is InChI=1S/C12H24N2O2.ClH/c1-3-7-16-9-12(15)14-6-4-5-10(2)11(14)8-13;/h10-11H,3-9,13H2,1-2H3;1H. The van der Waals surface area contributed by atoms with Gasteiger partial charge in [-0.1, -0.05) is 13.8 Å². The Hall–Kier alpha value is -0.320. The normalized spacial score (nSPS) is 24.3. The first kappa shape index (κ1) is 16.7. The van der Waals surface area contributed by atoms with Crippen molar-refractivity contribution in [3.05, 3.63) is 0 Å². The van der Waals surface area contributed by atoms with Gasteiger partial charge < -0.3 is 15.4 Å². The number of likely N-dealkylation sites (tertiary alicyclic amines) is 1. The van der Waals surface area contributed by atoms with E-state index in [1.165, 1.54) is 6.42 Å². The van der Waals surface area contributed by atoms with Crippen LogP contribution in [0.15, 0.2) is 0 Å². The molecule has 1 saturated heterocycles. The van der Waals surface area contributed by atoms with Crippen LogP contribution >= 0.6 is 12.4 Å². The molecule has 0 spiro atoms. The highest BCUT2D eigenvalue weighted by atomic mass is 35.5. The number of carbonyl (C=O) groups is 1. The molecule has 1 amide bonds. The molecule has 0 bridgehead atoms. The zero-order valence-corrected chi connectivity index (χ0v) is 11.7. The van der Waals surface area contributed by atoms with E-state index in [4.69, 9.17) is 10.5 Å². The van der Waals surface area contributed by atoms with Gasteiger partial charge in [-0.05, 0) is 25.2 Å². The molecule has 2 N–H and O–H groups in total. The fourth-order valence-electron chi connectivity index (χ4n) is 2.30. The molecule has 102 valence electrons. The summed E-state index contributed by atoms with van der Waals surface area (Å²) in [6.45, 7) is 6.46. The number of halogens is 1. The lowest BCUT2D eigenvalue weighted by Crippen LogP contribution is -2.52. The van der Waals surface area contributed by atoms with Crippen LogP contribution in [0.1, 0.15) is 33.1 Å². The number of piperidine rings is 1. The van der Waals surface area contributed by atoms with Gasteiger partial charge in [-0.25, -0.2) is 0 Å². The van der Waals surface area contributed by atoms with E-state index in [9.17, 15) is 4.79 Å². The van der Waals surface area contributed by atoms with Gasteiger partial charge in [0, 0.05) is 25.7 Å². The highest BCUT2D eigenvalue weighted by molar-refractivity contribution is 5.85. The van der Waals surface area contributed by atoms with Crippen molar-refractivity contribution >= 4 is 18.3 Å². The summed E-state index contributed by atoms with van der Waals surface area (Å²) in [5.41, 5.74) is 5.74. The van der Waals surface area contributed by atoms with E-state index >= 15 is 0 Å². The van der Waals surface area contributed by atoms with E-state index in [1.54, 1.807) is 0 Å². The first-order chi connectivity index (χ1) is 7.70. The number of rotatable bonds is 5. The van der Waals surface area contributed by atoms with Crippen molar-refractivity contribution < 1.29 is 9.53 Å². The van der Waals surface area contributed by atoms with Crippen LogP contribution in [-0.2, 0) is 9.53 Å². The molecule has 4 nitrogen and oxygen atoms in total. The fourth-order valence-corrected chi connectivity index (χ4v) is 2.30. The fraction of sp³-hybridized carbons (Fsp3) is 0.917. The maximum atomic E-state index is 11.9. The molecule has 17 heavy (non-hydrogen) atoms. The Labute approximate surface area is 110 Å². The van der Waals surface area contributed by atoms with Crippen LogP contribution in [-0.4, -0.2) is 43.2 Å². The average molecular weight is 265 g/mol. The average Bonchev–Trinajstić information content (AvgIpc) is 2.29. The SMILES string of the molecule is CCCOCC(=O)N1CCCC(C)C1CN.Cl. The van der Waals surface area contributed by atoms with Crippen LogP contribution in [0.2, 0.25) is 0 Å². The van der Waals surface area contributed by atoms with Gasteiger partial charge in [-0.3, -0.25) is 4.79 Å². The Kier molecular flexibility index (Phi) is 8.56. The van der Waals surface area contributed by atoms with Crippen molar-refractivity contribution in [3.8, 4) is 0 Å². The van der Waals surface area contributed by atoms with Gasteiger partial charge in [0.15, 0.2) is 0 Å². The Bertz CT molecular complexity index is 227. The van der Waals surface area contributed by atoms with Crippen molar-refractivity contribution in [2.45, 2.75) is 39.2 Å². The third-order valence-corrected chi connectivity index (χ3v) is 3.25. The molecule has 0 saturated carbocycles. The second-order valence-corrected chi connectivity index (χ2v) is 4.56. The molecule has 5 heteroatoms. The van der Waals surface area contributed by atoms with E-state index in [-0.39, 0.29) is 31.0 Å². The number of hydrogen-bond acceptors (Lipinski definition) is 3. The maximum Gasteiger partial charge on any atom is 0.248 e. The van der Waals surface area contributed by atoms with Gasteiger partial charge in [0.05, 0.1) is 0 Å². The molecule has 1 fully saturated rings. The Morgan fingerprint density at radius 1 is 1.53 bits per heavy atom. The molecule has 1 rings (SSSR count). The predicted octanol–water partition coefficient (Wildman–Crippen LogP) is 1.42. The number of amides is 1. The lowest BCUT2D eigenvalue weighted by atomic mass is 9.91. The van der Waals surface area contributed by atoms with Gasteiger partial charge in [-0.15, -0.1) is 12.4 Å². The molecule has 2 unspecified atom stereocenters. The van der Waals surface area contributed by atoms with E-state index in [0.717, 1.165) is 19.4 Å². The number of hydrogen-bond donors (Lipinski definition) is 1. The smallest absolute Gasteiger partial charge is 0.248 e. The van der Waals surface area contributed by atoms with Crippen molar-refractivity contribution in [2.75, 3.05) is 26.3 Å². The number of ether oxygens (including phenoxy) is 1. The minimum Gasteiger partial charge on any atom is -0.372 e. The summed E-state index contributed by atoms with van der Waals surface area (Å²) in [5.74, 6) is 0.601. The molecule has 0 aromatic rings. The van der Waals surface area contributed by atoms with E-state index in [2.05, 4.69) is 6.92 Å².